The summed E-state index contributed by atoms with van der Waals surface area (Å²) in [6, 6.07) is 10.9. The summed E-state index contributed by atoms with van der Waals surface area (Å²) in [6.45, 7) is 4.22. The summed E-state index contributed by atoms with van der Waals surface area (Å²) in [7, 11) is 1.47. The summed E-state index contributed by atoms with van der Waals surface area (Å²) < 4.78 is 20.8. The maximum absolute atomic E-state index is 12.2. The lowest BCUT2D eigenvalue weighted by Crippen LogP contribution is -2.21. The average Bonchev–Trinajstić information content (AvgIpc) is 2.78. The van der Waals surface area contributed by atoms with Crippen molar-refractivity contribution in [1.82, 2.24) is 0 Å². The third-order valence-electron chi connectivity index (χ3n) is 4.17. The van der Waals surface area contributed by atoms with Crippen molar-refractivity contribution in [1.29, 1.82) is 0 Å². The van der Waals surface area contributed by atoms with Crippen molar-refractivity contribution in [3.63, 3.8) is 0 Å². The largest absolute Gasteiger partial charge is 0.493 e. The first kappa shape index (κ1) is 23.7. The van der Waals surface area contributed by atoms with Crippen LogP contribution in [0.15, 0.2) is 42.5 Å². The number of hydrogen-bond acceptors (Lipinski definition) is 7. The van der Waals surface area contributed by atoms with E-state index < -0.39 is 24.5 Å². The summed E-state index contributed by atoms with van der Waals surface area (Å²) in [5, 5.41) is 2.60. The van der Waals surface area contributed by atoms with Gasteiger partial charge in [-0.2, -0.15) is 0 Å². The molecule has 0 aromatic heterocycles. The van der Waals surface area contributed by atoms with Crippen molar-refractivity contribution in [2.24, 2.45) is 0 Å². The molecule has 0 aliphatic carbocycles. The Balaban J connectivity index is 1.86. The van der Waals surface area contributed by atoms with E-state index in [-0.39, 0.29) is 5.56 Å². The lowest BCUT2D eigenvalue weighted by molar-refractivity contribution is -0.119. The van der Waals surface area contributed by atoms with Gasteiger partial charge in [0.05, 0.1) is 31.5 Å². The van der Waals surface area contributed by atoms with Crippen LogP contribution in [-0.2, 0) is 14.3 Å². The molecule has 1 N–H and O–H groups in total. The highest BCUT2D eigenvalue weighted by molar-refractivity contribution is 5.96. The number of benzene rings is 2. The van der Waals surface area contributed by atoms with Crippen molar-refractivity contribution < 1.29 is 33.3 Å². The fraction of sp³-hybridized carbons (Fsp3) is 0.348. The van der Waals surface area contributed by atoms with Crippen molar-refractivity contribution in [2.75, 3.05) is 32.2 Å². The molecular formula is C23H27NO7. The van der Waals surface area contributed by atoms with Gasteiger partial charge in [-0.25, -0.2) is 9.59 Å². The summed E-state index contributed by atoms with van der Waals surface area (Å²) >= 11 is 0. The highest BCUT2D eigenvalue weighted by Crippen LogP contribution is 2.28. The van der Waals surface area contributed by atoms with Crippen LogP contribution in [0, 0.1) is 0 Å². The van der Waals surface area contributed by atoms with Crippen molar-refractivity contribution in [3.05, 3.63) is 53.6 Å². The Morgan fingerprint density at radius 2 is 1.55 bits per heavy atom. The molecular weight excluding hydrogens is 402 g/mol. The first-order valence-corrected chi connectivity index (χ1v) is 10.0. The zero-order valence-corrected chi connectivity index (χ0v) is 17.9. The van der Waals surface area contributed by atoms with Crippen LogP contribution in [0.4, 0.5) is 5.69 Å². The number of esters is 2. The number of carbonyl (C=O) groups is 3. The number of nitrogens with one attached hydrogen (secondary N) is 1. The second-order valence-corrected chi connectivity index (χ2v) is 6.49. The number of hydrogen-bond donors (Lipinski definition) is 1. The number of rotatable bonds is 11. The van der Waals surface area contributed by atoms with Crippen molar-refractivity contribution >= 4 is 23.5 Å². The Morgan fingerprint density at radius 3 is 2.19 bits per heavy atom. The van der Waals surface area contributed by atoms with Gasteiger partial charge in [-0.1, -0.05) is 13.3 Å². The molecule has 0 radical (unpaired) electrons. The van der Waals surface area contributed by atoms with Gasteiger partial charge >= 0.3 is 11.9 Å². The Morgan fingerprint density at radius 1 is 0.871 bits per heavy atom. The summed E-state index contributed by atoms with van der Waals surface area (Å²) in [5.41, 5.74) is 1.10. The maximum atomic E-state index is 12.2. The van der Waals surface area contributed by atoms with E-state index in [0.717, 1.165) is 12.8 Å². The molecule has 0 spiro atoms. The van der Waals surface area contributed by atoms with Gasteiger partial charge in [-0.15, -0.1) is 0 Å². The molecule has 0 saturated heterocycles. The summed E-state index contributed by atoms with van der Waals surface area (Å²) in [4.78, 5) is 36.2. The first-order valence-electron chi connectivity index (χ1n) is 10.0. The second-order valence-electron chi connectivity index (χ2n) is 6.49. The molecule has 166 valence electrons. The molecule has 31 heavy (non-hydrogen) atoms. The molecule has 0 aliphatic rings. The van der Waals surface area contributed by atoms with Gasteiger partial charge in [0.15, 0.2) is 18.1 Å². The monoisotopic (exact) mass is 429 g/mol. The van der Waals surface area contributed by atoms with E-state index in [2.05, 4.69) is 5.32 Å². The predicted octanol–water partition coefficient (Wildman–Crippen LogP) is 3.85. The number of amides is 1. The minimum absolute atomic E-state index is 0.235. The second kappa shape index (κ2) is 12.2. The Kier molecular flexibility index (Phi) is 9.35. The molecule has 8 nitrogen and oxygen atoms in total. The fourth-order valence-corrected chi connectivity index (χ4v) is 2.56. The molecule has 8 heteroatoms. The van der Waals surface area contributed by atoms with Crippen LogP contribution in [0.1, 0.15) is 47.4 Å². The molecule has 2 aromatic carbocycles. The smallest absolute Gasteiger partial charge is 0.338 e. The van der Waals surface area contributed by atoms with Gasteiger partial charge in [-0.05, 0) is 55.8 Å². The number of carbonyl (C=O) groups excluding carboxylic acids is 3. The SMILES string of the molecule is CCCCOC(=O)c1ccc(NC(=O)COC(=O)c2ccc(OCC)c(OC)c2)cc1. The summed E-state index contributed by atoms with van der Waals surface area (Å²) in [6.07, 6.45) is 1.75. The van der Waals surface area contributed by atoms with E-state index in [1.807, 2.05) is 13.8 Å². The van der Waals surface area contributed by atoms with E-state index >= 15 is 0 Å². The van der Waals surface area contributed by atoms with Crippen LogP contribution < -0.4 is 14.8 Å². The van der Waals surface area contributed by atoms with Crippen LogP contribution >= 0.6 is 0 Å². The minimum Gasteiger partial charge on any atom is -0.493 e. The molecule has 0 aliphatic heterocycles. The van der Waals surface area contributed by atoms with Gasteiger partial charge in [0, 0.05) is 5.69 Å². The van der Waals surface area contributed by atoms with E-state index in [4.69, 9.17) is 18.9 Å². The van der Waals surface area contributed by atoms with Crippen LogP contribution in [0.3, 0.4) is 0 Å². The molecule has 2 aromatic rings. The molecule has 0 fully saturated rings. The highest BCUT2D eigenvalue weighted by Gasteiger charge is 2.14. The van der Waals surface area contributed by atoms with E-state index in [1.165, 1.54) is 19.2 Å². The standard InChI is InChI=1S/C23H27NO7/c1-4-6-13-30-22(26)16-7-10-18(11-8-16)24-21(25)15-31-23(27)17-9-12-19(29-5-2)20(14-17)28-3/h7-12,14H,4-6,13,15H2,1-3H3,(H,24,25). The first-order chi connectivity index (χ1) is 15.0. The quantitative estimate of drug-likeness (QED) is 0.428. The Hall–Kier alpha value is -3.55. The van der Waals surface area contributed by atoms with Gasteiger partial charge in [0.2, 0.25) is 0 Å². The highest BCUT2D eigenvalue weighted by atomic mass is 16.5. The van der Waals surface area contributed by atoms with Crippen molar-refractivity contribution in [3.8, 4) is 11.5 Å². The van der Waals surface area contributed by atoms with E-state index in [1.54, 1.807) is 30.3 Å². The van der Waals surface area contributed by atoms with E-state index in [9.17, 15) is 14.4 Å². The molecule has 0 bridgehead atoms. The topological polar surface area (TPSA) is 100 Å². The molecule has 0 saturated carbocycles. The average molecular weight is 429 g/mol. The molecule has 0 atom stereocenters. The number of anilines is 1. The maximum Gasteiger partial charge on any atom is 0.338 e. The number of ether oxygens (including phenoxy) is 4. The van der Waals surface area contributed by atoms with Gasteiger partial charge in [0.1, 0.15) is 0 Å². The van der Waals surface area contributed by atoms with Gasteiger partial charge in [0.25, 0.3) is 5.91 Å². The van der Waals surface area contributed by atoms with Crippen LogP contribution in [0.2, 0.25) is 0 Å². The van der Waals surface area contributed by atoms with Gasteiger partial charge in [-0.3, -0.25) is 4.79 Å². The lowest BCUT2D eigenvalue weighted by atomic mass is 10.2. The Bertz CT molecular complexity index is 893. The number of unbranched alkanes of at least 4 members (excludes halogenated alkanes) is 1. The van der Waals surface area contributed by atoms with Gasteiger partial charge < -0.3 is 24.3 Å². The molecule has 2 rings (SSSR count). The zero-order valence-electron chi connectivity index (χ0n) is 17.9. The predicted molar refractivity (Wildman–Crippen MR) is 115 cm³/mol. The lowest BCUT2D eigenvalue weighted by Gasteiger charge is -2.11. The zero-order chi connectivity index (χ0) is 22.6. The van der Waals surface area contributed by atoms with Crippen LogP contribution in [0.25, 0.3) is 0 Å². The third-order valence-corrected chi connectivity index (χ3v) is 4.17. The Labute approximate surface area is 181 Å². The summed E-state index contributed by atoms with van der Waals surface area (Å²) in [5.74, 6) is -0.678. The normalized spacial score (nSPS) is 10.2. The molecule has 0 unspecified atom stereocenters. The number of methoxy groups -OCH3 is 1. The minimum atomic E-state index is -0.665. The van der Waals surface area contributed by atoms with E-state index in [0.29, 0.717) is 36.0 Å². The van der Waals surface area contributed by atoms with Crippen LogP contribution in [0.5, 0.6) is 11.5 Å². The molecule has 1 amide bonds. The third kappa shape index (κ3) is 7.33. The fourth-order valence-electron chi connectivity index (χ4n) is 2.56. The van der Waals surface area contributed by atoms with Crippen molar-refractivity contribution in [2.45, 2.75) is 26.7 Å². The molecule has 0 heterocycles. The van der Waals surface area contributed by atoms with Crippen LogP contribution in [-0.4, -0.2) is 44.8 Å².